The second-order valence-electron chi connectivity index (χ2n) is 2.99. The number of hydrogen-bond donors (Lipinski definition) is 1. The standard InChI is InChI=1S/C9H15NO/c1-3-7-10-8-5-4-6-9(10,2)11/h4-6,8,11H,3,7H2,1-2H3. The maximum absolute atomic E-state index is 9.75. The summed E-state index contributed by atoms with van der Waals surface area (Å²) in [5.74, 6) is 0. The van der Waals surface area contributed by atoms with Crippen LogP contribution in [0.3, 0.4) is 0 Å². The molecule has 0 bridgehead atoms. The zero-order valence-electron chi connectivity index (χ0n) is 7.12. The lowest BCUT2D eigenvalue weighted by Crippen LogP contribution is -2.42. The van der Waals surface area contributed by atoms with Crippen molar-refractivity contribution in [1.82, 2.24) is 4.90 Å². The maximum atomic E-state index is 9.75. The van der Waals surface area contributed by atoms with Crippen molar-refractivity contribution in [3.63, 3.8) is 0 Å². The normalized spacial score (nSPS) is 29.5. The Kier molecular flexibility index (Phi) is 2.35. The molecule has 0 amide bonds. The molecule has 62 valence electrons. The van der Waals surface area contributed by atoms with E-state index in [1.54, 1.807) is 13.0 Å². The number of allylic oxidation sites excluding steroid dienone is 2. The monoisotopic (exact) mass is 153 g/mol. The third-order valence-corrected chi connectivity index (χ3v) is 1.84. The summed E-state index contributed by atoms with van der Waals surface area (Å²) in [6.45, 7) is 4.79. The summed E-state index contributed by atoms with van der Waals surface area (Å²) in [6, 6.07) is 0. The van der Waals surface area contributed by atoms with Crippen molar-refractivity contribution in [2.75, 3.05) is 6.54 Å². The summed E-state index contributed by atoms with van der Waals surface area (Å²) in [5, 5.41) is 9.75. The van der Waals surface area contributed by atoms with Crippen LogP contribution in [-0.4, -0.2) is 22.3 Å². The summed E-state index contributed by atoms with van der Waals surface area (Å²) in [4.78, 5) is 1.92. The molecule has 2 heteroatoms. The van der Waals surface area contributed by atoms with Crippen molar-refractivity contribution in [2.24, 2.45) is 0 Å². The maximum Gasteiger partial charge on any atom is 0.154 e. The first-order valence-electron chi connectivity index (χ1n) is 4.02. The first-order chi connectivity index (χ1) is 5.17. The smallest absolute Gasteiger partial charge is 0.154 e. The fourth-order valence-corrected chi connectivity index (χ4v) is 1.18. The summed E-state index contributed by atoms with van der Waals surface area (Å²) in [7, 11) is 0. The van der Waals surface area contributed by atoms with Crippen molar-refractivity contribution < 1.29 is 5.11 Å². The van der Waals surface area contributed by atoms with E-state index in [0.717, 1.165) is 13.0 Å². The van der Waals surface area contributed by atoms with Gasteiger partial charge in [-0.25, -0.2) is 0 Å². The number of hydrogen-bond acceptors (Lipinski definition) is 2. The van der Waals surface area contributed by atoms with Gasteiger partial charge in [0.1, 0.15) is 0 Å². The summed E-state index contributed by atoms with van der Waals surface area (Å²) >= 11 is 0. The molecule has 2 nitrogen and oxygen atoms in total. The van der Waals surface area contributed by atoms with Gasteiger partial charge < -0.3 is 10.0 Å². The third kappa shape index (κ3) is 1.84. The minimum absolute atomic E-state index is 0.787. The third-order valence-electron chi connectivity index (χ3n) is 1.84. The number of rotatable bonds is 2. The van der Waals surface area contributed by atoms with Crippen LogP contribution in [0.25, 0.3) is 0 Å². The highest BCUT2D eigenvalue weighted by molar-refractivity contribution is 5.15. The fraction of sp³-hybridized carbons (Fsp3) is 0.556. The molecule has 1 unspecified atom stereocenters. The zero-order valence-corrected chi connectivity index (χ0v) is 7.12. The summed E-state index contributed by atoms with van der Waals surface area (Å²) < 4.78 is 0. The van der Waals surface area contributed by atoms with E-state index >= 15 is 0 Å². The molecule has 0 saturated heterocycles. The second-order valence-corrected chi connectivity index (χ2v) is 2.99. The van der Waals surface area contributed by atoms with E-state index in [9.17, 15) is 5.11 Å². The van der Waals surface area contributed by atoms with Crippen molar-refractivity contribution in [3.8, 4) is 0 Å². The highest BCUT2D eigenvalue weighted by Crippen LogP contribution is 2.17. The Morgan fingerprint density at radius 3 is 2.73 bits per heavy atom. The van der Waals surface area contributed by atoms with E-state index in [0.29, 0.717) is 0 Å². The van der Waals surface area contributed by atoms with Crippen LogP contribution in [0.5, 0.6) is 0 Å². The zero-order chi connectivity index (χ0) is 8.32. The van der Waals surface area contributed by atoms with Crippen LogP contribution in [-0.2, 0) is 0 Å². The highest BCUT2D eigenvalue weighted by atomic mass is 16.3. The van der Waals surface area contributed by atoms with Gasteiger partial charge in [-0.05, 0) is 25.5 Å². The van der Waals surface area contributed by atoms with Crippen LogP contribution in [0.4, 0.5) is 0 Å². The average Bonchev–Trinajstić information content (AvgIpc) is 1.94. The Labute approximate surface area is 67.8 Å². The van der Waals surface area contributed by atoms with Gasteiger partial charge in [-0.1, -0.05) is 13.0 Å². The van der Waals surface area contributed by atoms with E-state index in [4.69, 9.17) is 0 Å². The lowest BCUT2D eigenvalue weighted by atomic mass is 10.1. The molecule has 1 aliphatic heterocycles. The molecule has 1 atom stereocenters. The fourth-order valence-electron chi connectivity index (χ4n) is 1.18. The molecule has 1 aliphatic rings. The molecule has 0 aromatic rings. The van der Waals surface area contributed by atoms with Crippen LogP contribution < -0.4 is 0 Å². The second kappa shape index (κ2) is 3.09. The molecule has 0 aromatic carbocycles. The predicted molar refractivity (Wildman–Crippen MR) is 45.9 cm³/mol. The van der Waals surface area contributed by atoms with Gasteiger partial charge in [0.15, 0.2) is 5.72 Å². The largest absolute Gasteiger partial charge is 0.368 e. The molecule has 1 N–H and O–H groups in total. The minimum atomic E-state index is -0.787. The molecule has 11 heavy (non-hydrogen) atoms. The van der Waals surface area contributed by atoms with Gasteiger partial charge in [0.2, 0.25) is 0 Å². The van der Waals surface area contributed by atoms with E-state index in [2.05, 4.69) is 6.92 Å². The molecular formula is C9H15NO. The average molecular weight is 153 g/mol. The first kappa shape index (κ1) is 8.34. The topological polar surface area (TPSA) is 23.5 Å². The summed E-state index contributed by atoms with van der Waals surface area (Å²) in [6.07, 6.45) is 8.57. The number of nitrogens with zero attached hydrogens (tertiary/aromatic N) is 1. The lowest BCUT2D eigenvalue weighted by Gasteiger charge is -2.35. The predicted octanol–water partition coefficient (Wildman–Crippen LogP) is 1.49. The Bertz CT molecular complexity index is 182. The molecule has 0 aromatic heterocycles. The van der Waals surface area contributed by atoms with Gasteiger partial charge >= 0.3 is 0 Å². The van der Waals surface area contributed by atoms with Crippen LogP contribution in [0.15, 0.2) is 24.4 Å². The molecule has 0 fully saturated rings. The van der Waals surface area contributed by atoms with Crippen LogP contribution in [0, 0.1) is 0 Å². The lowest BCUT2D eigenvalue weighted by molar-refractivity contribution is -0.0239. The van der Waals surface area contributed by atoms with Crippen molar-refractivity contribution in [3.05, 3.63) is 24.4 Å². The highest BCUT2D eigenvalue weighted by Gasteiger charge is 2.23. The Morgan fingerprint density at radius 1 is 1.45 bits per heavy atom. The van der Waals surface area contributed by atoms with Crippen molar-refractivity contribution in [1.29, 1.82) is 0 Å². The molecule has 0 radical (unpaired) electrons. The van der Waals surface area contributed by atoms with E-state index in [1.807, 2.05) is 23.3 Å². The SMILES string of the molecule is CCCN1C=CC=CC1(C)O. The van der Waals surface area contributed by atoms with Gasteiger partial charge in [-0.2, -0.15) is 0 Å². The number of aliphatic hydroxyl groups is 1. The molecular weight excluding hydrogens is 138 g/mol. The molecule has 1 heterocycles. The van der Waals surface area contributed by atoms with E-state index in [1.165, 1.54) is 0 Å². The molecule has 0 aliphatic carbocycles. The minimum Gasteiger partial charge on any atom is -0.368 e. The van der Waals surface area contributed by atoms with Crippen LogP contribution >= 0.6 is 0 Å². The van der Waals surface area contributed by atoms with Gasteiger partial charge in [0.25, 0.3) is 0 Å². The molecule has 0 saturated carbocycles. The Morgan fingerprint density at radius 2 is 2.18 bits per heavy atom. The molecule has 0 spiro atoms. The first-order valence-corrected chi connectivity index (χ1v) is 4.02. The van der Waals surface area contributed by atoms with E-state index in [-0.39, 0.29) is 0 Å². The Hall–Kier alpha value is -0.760. The van der Waals surface area contributed by atoms with Gasteiger partial charge in [-0.15, -0.1) is 0 Å². The van der Waals surface area contributed by atoms with Gasteiger partial charge in [0, 0.05) is 12.7 Å². The molecule has 1 rings (SSSR count). The summed E-state index contributed by atoms with van der Waals surface area (Å²) in [5.41, 5.74) is -0.787. The Balaban J connectivity index is 2.64. The van der Waals surface area contributed by atoms with E-state index < -0.39 is 5.72 Å². The quantitative estimate of drug-likeness (QED) is 0.649. The van der Waals surface area contributed by atoms with Gasteiger partial charge in [-0.3, -0.25) is 0 Å². The van der Waals surface area contributed by atoms with Crippen molar-refractivity contribution >= 4 is 0 Å². The van der Waals surface area contributed by atoms with Crippen molar-refractivity contribution in [2.45, 2.75) is 26.0 Å². The van der Waals surface area contributed by atoms with Crippen LogP contribution in [0.2, 0.25) is 0 Å². The van der Waals surface area contributed by atoms with Crippen LogP contribution in [0.1, 0.15) is 20.3 Å². The van der Waals surface area contributed by atoms with Gasteiger partial charge in [0.05, 0.1) is 0 Å².